The van der Waals surface area contributed by atoms with Gasteiger partial charge in [-0.2, -0.15) is 0 Å². The van der Waals surface area contributed by atoms with Crippen molar-refractivity contribution in [2.75, 3.05) is 0 Å². The van der Waals surface area contributed by atoms with E-state index in [-0.39, 0.29) is 5.56 Å². The summed E-state index contributed by atoms with van der Waals surface area (Å²) in [6, 6.07) is 15.5. The Morgan fingerprint density at radius 2 is 1.88 bits per heavy atom. The molecule has 26 heavy (non-hydrogen) atoms. The number of benzene rings is 1. The van der Waals surface area contributed by atoms with Crippen molar-refractivity contribution in [1.82, 2.24) is 19.1 Å². The van der Waals surface area contributed by atoms with Gasteiger partial charge in [0.15, 0.2) is 0 Å². The number of pyridine rings is 2. The molecule has 6 heteroatoms. The van der Waals surface area contributed by atoms with Crippen LogP contribution < -0.4 is 5.56 Å². The minimum Gasteiger partial charge on any atom is -0.331 e. The maximum Gasteiger partial charge on any atom is 0.250 e. The van der Waals surface area contributed by atoms with Gasteiger partial charge in [0.05, 0.1) is 17.8 Å². The van der Waals surface area contributed by atoms with E-state index < -0.39 is 0 Å². The summed E-state index contributed by atoms with van der Waals surface area (Å²) in [4.78, 5) is 21.4. The largest absolute Gasteiger partial charge is 0.331 e. The molecule has 0 unspecified atom stereocenters. The predicted molar refractivity (Wildman–Crippen MR) is 105 cm³/mol. The fourth-order valence-electron chi connectivity index (χ4n) is 3.06. The van der Waals surface area contributed by atoms with E-state index in [2.05, 4.69) is 37.6 Å². The third-order valence-electron chi connectivity index (χ3n) is 4.44. The molecule has 130 valence electrons. The molecule has 0 aliphatic rings. The lowest BCUT2D eigenvalue weighted by Crippen LogP contribution is -2.19. The van der Waals surface area contributed by atoms with Gasteiger partial charge in [0.1, 0.15) is 11.3 Å². The van der Waals surface area contributed by atoms with Crippen molar-refractivity contribution in [3.05, 3.63) is 92.8 Å². The van der Waals surface area contributed by atoms with Crippen LogP contribution in [0.4, 0.5) is 0 Å². The Kier molecular flexibility index (Phi) is 4.42. The van der Waals surface area contributed by atoms with Gasteiger partial charge in [0.25, 0.3) is 5.56 Å². The number of hydrogen-bond donors (Lipinski definition) is 0. The highest BCUT2D eigenvalue weighted by Crippen LogP contribution is 2.20. The number of imidazole rings is 1. The van der Waals surface area contributed by atoms with E-state index in [1.807, 2.05) is 31.3 Å². The van der Waals surface area contributed by atoms with Crippen LogP contribution in [0.25, 0.3) is 11.0 Å². The molecular weight excluding hydrogens is 392 g/mol. The zero-order valence-electron chi connectivity index (χ0n) is 14.3. The molecule has 0 saturated carbocycles. The van der Waals surface area contributed by atoms with Crippen molar-refractivity contribution in [1.29, 1.82) is 0 Å². The van der Waals surface area contributed by atoms with Crippen LogP contribution in [0.5, 0.6) is 0 Å². The van der Waals surface area contributed by atoms with Gasteiger partial charge in [-0.05, 0) is 33.6 Å². The van der Waals surface area contributed by atoms with Gasteiger partial charge in [-0.25, -0.2) is 4.98 Å². The maximum absolute atomic E-state index is 12.1. The first-order valence-electron chi connectivity index (χ1n) is 8.31. The fraction of sp³-hybridized carbons (Fsp3) is 0.150. The predicted octanol–water partition coefficient (Wildman–Crippen LogP) is 3.53. The Bertz CT molecular complexity index is 1130. The third kappa shape index (κ3) is 3.20. The number of hydrogen-bond acceptors (Lipinski definition) is 3. The summed E-state index contributed by atoms with van der Waals surface area (Å²) in [6.07, 6.45) is 4.30. The van der Waals surface area contributed by atoms with Crippen LogP contribution in [-0.2, 0) is 20.0 Å². The van der Waals surface area contributed by atoms with Gasteiger partial charge in [0.2, 0.25) is 0 Å². The highest BCUT2D eigenvalue weighted by Gasteiger charge is 2.13. The number of aryl methyl sites for hydroxylation is 1. The first-order valence-corrected chi connectivity index (χ1v) is 9.10. The molecule has 5 nitrogen and oxygen atoms in total. The van der Waals surface area contributed by atoms with Gasteiger partial charge in [-0.1, -0.05) is 30.3 Å². The van der Waals surface area contributed by atoms with Crippen LogP contribution in [0.15, 0.2) is 70.2 Å². The molecule has 4 aromatic rings. The Balaban J connectivity index is 1.76. The zero-order valence-corrected chi connectivity index (χ0v) is 15.8. The number of aromatic nitrogens is 4. The summed E-state index contributed by atoms with van der Waals surface area (Å²) in [5, 5.41) is 0. The molecule has 0 bridgehead atoms. The van der Waals surface area contributed by atoms with Crippen LogP contribution >= 0.6 is 15.9 Å². The second-order valence-electron chi connectivity index (χ2n) is 6.19. The molecule has 0 spiro atoms. The second-order valence-corrected chi connectivity index (χ2v) is 7.10. The van der Waals surface area contributed by atoms with Crippen LogP contribution in [0.3, 0.4) is 0 Å². The van der Waals surface area contributed by atoms with Crippen LogP contribution in [0.1, 0.15) is 17.1 Å². The Hall–Kier alpha value is -2.73. The quantitative estimate of drug-likeness (QED) is 0.518. The van der Waals surface area contributed by atoms with E-state index in [0.29, 0.717) is 6.54 Å². The monoisotopic (exact) mass is 408 g/mol. The SMILES string of the molecule is Cn1c(Cc2ccccc2)nc2c(Cn3cc(Br)ccc3=O)nccc21. The number of halogens is 1. The van der Waals surface area contributed by atoms with Crippen molar-refractivity contribution in [2.24, 2.45) is 7.05 Å². The molecule has 0 saturated heterocycles. The fourth-order valence-corrected chi connectivity index (χ4v) is 3.44. The van der Waals surface area contributed by atoms with Crippen molar-refractivity contribution in [3.63, 3.8) is 0 Å². The molecule has 0 aliphatic heterocycles. The number of nitrogens with zero attached hydrogens (tertiary/aromatic N) is 4. The van der Waals surface area contributed by atoms with Gasteiger partial charge < -0.3 is 9.13 Å². The summed E-state index contributed by atoms with van der Waals surface area (Å²) >= 11 is 3.41. The average molecular weight is 409 g/mol. The molecule has 0 atom stereocenters. The Morgan fingerprint density at radius 1 is 1.08 bits per heavy atom. The van der Waals surface area contributed by atoms with Gasteiger partial charge in [0, 0.05) is 36.4 Å². The van der Waals surface area contributed by atoms with Crippen molar-refractivity contribution < 1.29 is 0 Å². The summed E-state index contributed by atoms with van der Waals surface area (Å²) in [7, 11) is 2.02. The summed E-state index contributed by atoms with van der Waals surface area (Å²) in [6.45, 7) is 0.386. The standard InChI is InChI=1S/C20H17BrN4O/c1-24-17-9-10-22-16(13-25-12-15(21)7-8-19(25)26)20(17)23-18(24)11-14-5-3-2-4-6-14/h2-10,12H,11,13H2,1H3. The van der Waals surface area contributed by atoms with Crippen molar-refractivity contribution in [3.8, 4) is 0 Å². The van der Waals surface area contributed by atoms with E-state index in [0.717, 1.165) is 33.4 Å². The Labute approximate surface area is 159 Å². The summed E-state index contributed by atoms with van der Waals surface area (Å²) in [5.41, 5.74) is 3.80. The molecule has 4 rings (SSSR count). The zero-order chi connectivity index (χ0) is 18.1. The minimum atomic E-state index is -0.0626. The number of rotatable bonds is 4. The van der Waals surface area contributed by atoms with Crippen LogP contribution in [0, 0.1) is 0 Å². The smallest absolute Gasteiger partial charge is 0.250 e. The van der Waals surface area contributed by atoms with E-state index in [9.17, 15) is 4.79 Å². The molecule has 3 heterocycles. The normalized spacial score (nSPS) is 11.2. The molecule has 0 radical (unpaired) electrons. The molecule has 0 aliphatic carbocycles. The van der Waals surface area contributed by atoms with E-state index in [1.165, 1.54) is 5.56 Å². The molecule has 0 N–H and O–H groups in total. The van der Waals surface area contributed by atoms with Gasteiger partial charge >= 0.3 is 0 Å². The van der Waals surface area contributed by atoms with E-state index in [4.69, 9.17) is 4.98 Å². The van der Waals surface area contributed by atoms with Crippen molar-refractivity contribution >= 4 is 27.0 Å². The lowest BCUT2D eigenvalue weighted by atomic mass is 10.1. The molecule has 1 aromatic carbocycles. The van der Waals surface area contributed by atoms with Gasteiger partial charge in [-0.3, -0.25) is 9.78 Å². The van der Waals surface area contributed by atoms with E-state index in [1.54, 1.807) is 29.1 Å². The molecule has 3 aromatic heterocycles. The van der Waals surface area contributed by atoms with Crippen LogP contribution in [0.2, 0.25) is 0 Å². The highest BCUT2D eigenvalue weighted by atomic mass is 79.9. The average Bonchev–Trinajstić information content (AvgIpc) is 2.96. The maximum atomic E-state index is 12.1. The summed E-state index contributed by atoms with van der Waals surface area (Å²) in [5.74, 6) is 0.974. The van der Waals surface area contributed by atoms with E-state index >= 15 is 0 Å². The van der Waals surface area contributed by atoms with Gasteiger partial charge in [-0.15, -0.1) is 0 Å². The number of fused-ring (bicyclic) bond motifs is 1. The first kappa shape index (κ1) is 16.7. The highest BCUT2D eigenvalue weighted by molar-refractivity contribution is 9.10. The lowest BCUT2D eigenvalue weighted by molar-refractivity contribution is 0.741. The second kappa shape index (κ2) is 6.88. The van der Waals surface area contributed by atoms with Crippen molar-refractivity contribution in [2.45, 2.75) is 13.0 Å². The van der Waals surface area contributed by atoms with Crippen LogP contribution in [-0.4, -0.2) is 19.1 Å². The summed E-state index contributed by atoms with van der Waals surface area (Å²) < 4.78 is 4.59. The minimum absolute atomic E-state index is 0.0626. The first-order chi connectivity index (χ1) is 12.6. The third-order valence-corrected chi connectivity index (χ3v) is 4.91. The molecule has 0 fully saturated rings. The lowest BCUT2D eigenvalue weighted by Gasteiger charge is -2.06. The Morgan fingerprint density at radius 3 is 2.69 bits per heavy atom. The molecular formula is C20H17BrN4O. The topological polar surface area (TPSA) is 52.7 Å². The molecule has 0 amide bonds.